The van der Waals surface area contributed by atoms with Gasteiger partial charge < -0.3 is 5.32 Å². The first-order valence-electron chi connectivity index (χ1n) is 8.37. The monoisotopic (exact) mass is 345 g/mol. The minimum absolute atomic E-state index is 0.00784. The lowest BCUT2D eigenvalue weighted by molar-refractivity contribution is -0.384. The number of likely N-dealkylation sites (tertiary alicyclic amines) is 1. The van der Waals surface area contributed by atoms with E-state index >= 15 is 0 Å². The minimum Gasteiger partial charge on any atom is -0.326 e. The molecule has 2 fully saturated rings. The molecule has 8 nitrogen and oxygen atoms in total. The predicted molar refractivity (Wildman–Crippen MR) is 88.5 cm³/mol. The molecule has 3 rings (SSSR count). The van der Waals surface area contributed by atoms with E-state index in [0.717, 1.165) is 25.7 Å². The van der Waals surface area contributed by atoms with Crippen molar-refractivity contribution in [2.24, 2.45) is 11.8 Å². The third-order valence-electron chi connectivity index (χ3n) is 4.86. The van der Waals surface area contributed by atoms with Crippen molar-refractivity contribution in [2.45, 2.75) is 32.1 Å². The van der Waals surface area contributed by atoms with Gasteiger partial charge in [-0.05, 0) is 25.0 Å². The molecule has 1 aromatic carbocycles. The quantitative estimate of drug-likeness (QED) is 0.499. The molecular weight excluding hydrogens is 326 g/mol. The van der Waals surface area contributed by atoms with Gasteiger partial charge in [0.2, 0.25) is 17.7 Å². The maximum absolute atomic E-state index is 12.3. The summed E-state index contributed by atoms with van der Waals surface area (Å²) >= 11 is 0. The number of rotatable bonds is 5. The number of anilines is 1. The van der Waals surface area contributed by atoms with Gasteiger partial charge in [-0.1, -0.05) is 12.8 Å². The summed E-state index contributed by atoms with van der Waals surface area (Å²) in [6.07, 6.45) is 3.44. The molecule has 8 heteroatoms. The van der Waals surface area contributed by atoms with Gasteiger partial charge in [0.15, 0.2) is 0 Å². The van der Waals surface area contributed by atoms with Crippen LogP contribution >= 0.6 is 0 Å². The fraction of sp³-hybridized carbons (Fsp3) is 0.471. The molecule has 132 valence electrons. The van der Waals surface area contributed by atoms with Crippen molar-refractivity contribution in [3.8, 4) is 0 Å². The number of fused-ring (bicyclic) bond motifs is 1. The molecule has 1 saturated heterocycles. The molecule has 0 bridgehead atoms. The van der Waals surface area contributed by atoms with E-state index in [-0.39, 0.29) is 48.2 Å². The Morgan fingerprint density at radius 2 is 1.68 bits per heavy atom. The van der Waals surface area contributed by atoms with E-state index in [1.807, 2.05) is 0 Å². The van der Waals surface area contributed by atoms with Gasteiger partial charge in [-0.3, -0.25) is 29.4 Å². The molecule has 0 spiro atoms. The molecule has 1 N–H and O–H groups in total. The van der Waals surface area contributed by atoms with Crippen LogP contribution in [0.1, 0.15) is 32.1 Å². The molecular formula is C17H19N3O5. The Bertz CT molecular complexity index is 691. The minimum atomic E-state index is -0.518. The molecule has 1 aromatic rings. The fourth-order valence-electron chi connectivity index (χ4n) is 3.55. The lowest BCUT2D eigenvalue weighted by Crippen LogP contribution is -2.34. The average Bonchev–Trinajstić information content (AvgIpc) is 2.85. The highest BCUT2D eigenvalue weighted by molar-refractivity contribution is 6.05. The number of amides is 3. The number of non-ortho nitro benzene ring substituents is 1. The highest BCUT2D eigenvalue weighted by Crippen LogP contribution is 2.37. The number of imide groups is 1. The molecule has 1 heterocycles. The number of hydrogen-bond acceptors (Lipinski definition) is 5. The molecule has 25 heavy (non-hydrogen) atoms. The van der Waals surface area contributed by atoms with Gasteiger partial charge in [0.25, 0.3) is 5.69 Å². The third kappa shape index (κ3) is 3.52. The van der Waals surface area contributed by atoms with Crippen molar-refractivity contribution in [1.29, 1.82) is 0 Å². The summed E-state index contributed by atoms with van der Waals surface area (Å²) in [4.78, 5) is 48.0. The summed E-state index contributed by atoms with van der Waals surface area (Å²) < 4.78 is 0. The molecule has 0 unspecified atom stereocenters. The third-order valence-corrected chi connectivity index (χ3v) is 4.86. The molecule has 1 aliphatic heterocycles. The second-order valence-electron chi connectivity index (χ2n) is 6.43. The Morgan fingerprint density at radius 1 is 1.12 bits per heavy atom. The normalized spacial score (nSPS) is 22.6. The van der Waals surface area contributed by atoms with E-state index in [2.05, 4.69) is 5.32 Å². The number of hydrogen-bond donors (Lipinski definition) is 1. The molecule has 2 atom stereocenters. The lowest BCUT2D eigenvalue weighted by Gasteiger charge is -2.19. The summed E-state index contributed by atoms with van der Waals surface area (Å²) in [5, 5.41) is 13.2. The number of nitro benzene ring substituents is 1. The van der Waals surface area contributed by atoms with Crippen LogP contribution in [0, 0.1) is 22.0 Å². The average molecular weight is 345 g/mol. The van der Waals surface area contributed by atoms with Crippen molar-refractivity contribution >= 4 is 29.1 Å². The number of nitrogens with one attached hydrogen (secondary N) is 1. The van der Waals surface area contributed by atoms with Crippen molar-refractivity contribution in [3.63, 3.8) is 0 Å². The van der Waals surface area contributed by atoms with Crippen LogP contribution in [-0.4, -0.2) is 34.1 Å². The zero-order chi connectivity index (χ0) is 18.0. The zero-order valence-electron chi connectivity index (χ0n) is 13.6. The molecule has 3 amide bonds. The van der Waals surface area contributed by atoms with E-state index in [0.29, 0.717) is 5.69 Å². The van der Waals surface area contributed by atoms with E-state index < -0.39 is 4.92 Å². The van der Waals surface area contributed by atoms with Gasteiger partial charge in [-0.15, -0.1) is 0 Å². The van der Waals surface area contributed by atoms with Gasteiger partial charge in [0, 0.05) is 30.8 Å². The van der Waals surface area contributed by atoms with Crippen LogP contribution in [-0.2, 0) is 14.4 Å². The second kappa shape index (κ2) is 7.00. The van der Waals surface area contributed by atoms with Crippen molar-refractivity contribution in [3.05, 3.63) is 34.4 Å². The Hall–Kier alpha value is -2.77. The van der Waals surface area contributed by atoms with Gasteiger partial charge in [-0.2, -0.15) is 0 Å². The molecule has 0 aromatic heterocycles. The van der Waals surface area contributed by atoms with Crippen LogP contribution in [0.2, 0.25) is 0 Å². The first kappa shape index (κ1) is 17.1. The standard InChI is InChI=1S/C17H19N3O5/c21-15(18-11-5-7-12(8-6-11)20(24)25)9-10-19-16(22)13-3-1-2-4-14(13)17(19)23/h5-8,13-14H,1-4,9-10H2,(H,18,21)/t13-,14-/m0/s1. The number of benzene rings is 1. The number of nitro groups is 1. The first-order valence-corrected chi connectivity index (χ1v) is 8.37. The maximum atomic E-state index is 12.3. The fourth-order valence-corrected chi connectivity index (χ4v) is 3.55. The van der Waals surface area contributed by atoms with Gasteiger partial charge in [0.05, 0.1) is 16.8 Å². The van der Waals surface area contributed by atoms with Crippen LogP contribution in [0.3, 0.4) is 0 Å². The molecule has 2 aliphatic rings. The number of carbonyl (C=O) groups excluding carboxylic acids is 3. The van der Waals surface area contributed by atoms with E-state index in [1.165, 1.54) is 29.2 Å². The SMILES string of the molecule is O=C(CCN1C(=O)[C@H]2CCCC[C@@H]2C1=O)Nc1ccc([N+](=O)[O-])cc1. The van der Waals surface area contributed by atoms with Crippen LogP contribution in [0.15, 0.2) is 24.3 Å². The van der Waals surface area contributed by atoms with Crippen LogP contribution in [0.4, 0.5) is 11.4 Å². The van der Waals surface area contributed by atoms with Crippen molar-refractivity contribution < 1.29 is 19.3 Å². The molecule has 1 aliphatic carbocycles. The molecule has 1 saturated carbocycles. The van der Waals surface area contributed by atoms with Crippen LogP contribution in [0.25, 0.3) is 0 Å². The highest BCUT2D eigenvalue weighted by Gasteiger charge is 2.47. The maximum Gasteiger partial charge on any atom is 0.269 e. The molecule has 0 radical (unpaired) electrons. The first-order chi connectivity index (χ1) is 12.0. The van der Waals surface area contributed by atoms with E-state index in [4.69, 9.17) is 0 Å². The van der Waals surface area contributed by atoms with Crippen molar-refractivity contribution in [1.82, 2.24) is 4.90 Å². The van der Waals surface area contributed by atoms with Gasteiger partial charge in [0.1, 0.15) is 0 Å². The zero-order valence-corrected chi connectivity index (χ0v) is 13.6. The number of carbonyl (C=O) groups is 3. The summed E-state index contributed by atoms with van der Waals surface area (Å²) in [5.41, 5.74) is 0.372. The van der Waals surface area contributed by atoms with E-state index in [9.17, 15) is 24.5 Å². The Morgan fingerprint density at radius 3 is 2.20 bits per heavy atom. The smallest absolute Gasteiger partial charge is 0.269 e. The number of nitrogens with zero attached hydrogens (tertiary/aromatic N) is 2. The van der Waals surface area contributed by atoms with Gasteiger partial charge >= 0.3 is 0 Å². The van der Waals surface area contributed by atoms with Crippen LogP contribution < -0.4 is 5.32 Å². The van der Waals surface area contributed by atoms with E-state index in [1.54, 1.807) is 0 Å². The summed E-state index contributed by atoms with van der Waals surface area (Å²) in [6, 6.07) is 5.48. The predicted octanol–water partition coefficient (Wildman–Crippen LogP) is 2.10. The summed E-state index contributed by atoms with van der Waals surface area (Å²) in [5.74, 6) is -1.07. The van der Waals surface area contributed by atoms with Crippen LogP contribution in [0.5, 0.6) is 0 Å². The summed E-state index contributed by atoms with van der Waals surface area (Å²) in [6.45, 7) is 0.0729. The Labute approximate surface area is 144 Å². The second-order valence-corrected chi connectivity index (χ2v) is 6.43. The lowest BCUT2D eigenvalue weighted by atomic mass is 9.81. The topological polar surface area (TPSA) is 110 Å². The highest BCUT2D eigenvalue weighted by atomic mass is 16.6. The largest absolute Gasteiger partial charge is 0.326 e. The van der Waals surface area contributed by atoms with Gasteiger partial charge in [-0.25, -0.2) is 0 Å². The summed E-state index contributed by atoms with van der Waals surface area (Å²) in [7, 11) is 0. The van der Waals surface area contributed by atoms with Crippen molar-refractivity contribution in [2.75, 3.05) is 11.9 Å². The Balaban J connectivity index is 1.54. The Kier molecular flexibility index (Phi) is 4.78.